The largest absolute Gasteiger partial charge is 0.457 e. The Morgan fingerprint density at radius 3 is 2.76 bits per heavy atom. The van der Waals surface area contributed by atoms with Gasteiger partial charge >= 0.3 is 5.97 Å². The van der Waals surface area contributed by atoms with Crippen molar-refractivity contribution < 1.29 is 14.3 Å². The van der Waals surface area contributed by atoms with Crippen LogP contribution in [0.25, 0.3) is 10.2 Å². The molecule has 0 aliphatic rings. The van der Waals surface area contributed by atoms with Gasteiger partial charge in [-0.2, -0.15) is 0 Å². The molecule has 0 saturated carbocycles. The van der Waals surface area contributed by atoms with E-state index in [9.17, 15) is 9.59 Å². The van der Waals surface area contributed by atoms with Crippen molar-refractivity contribution in [2.75, 3.05) is 13.7 Å². The average Bonchev–Trinajstić information content (AvgIpc) is 2.96. The highest BCUT2D eigenvalue weighted by Crippen LogP contribution is 2.27. The van der Waals surface area contributed by atoms with Gasteiger partial charge in [-0.1, -0.05) is 30.3 Å². The lowest BCUT2D eigenvalue weighted by Gasteiger charge is -2.03. The van der Waals surface area contributed by atoms with E-state index in [0.29, 0.717) is 39.5 Å². The predicted octanol–water partition coefficient (Wildman–Crippen LogP) is 2.84. The minimum absolute atomic E-state index is 0.191. The fourth-order valence-electron chi connectivity index (χ4n) is 2.49. The van der Waals surface area contributed by atoms with Crippen LogP contribution in [-0.4, -0.2) is 29.7 Å². The summed E-state index contributed by atoms with van der Waals surface area (Å²) in [5.74, 6) is 0.104. The lowest BCUT2D eigenvalue weighted by atomic mass is 10.2. The van der Waals surface area contributed by atoms with Crippen LogP contribution in [0.3, 0.4) is 0 Å². The van der Waals surface area contributed by atoms with Crippen LogP contribution in [0, 0.1) is 6.92 Å². The fourth-order valence-corrected chi connectivity index (χ4v) is 3.58. The summed E-state index contributed by atoms with van der Waals surface area (Å²) in [6, 6.07) is 9.46. The second-order valence-electron chi connectivity index (χ2n) is 5.55. The van der Waals surface area contributed by atoms with Crippen LogP contribution < -0.4 is 5.56 Å². The third-order valence-corrected chi connectivity index (χ3v) is 4.96. The van der Waals surface area contributed by atoms with E-state index in [1.807, 2.05) is 30.3 Å². The molecule has 25 heavy (non-hydrogen) atoms. The Bertz CT molecular complexity index is 947. The zero-order chi connectivity index (χ0) is 17.8. The quantitative estimate of drug-likeness (QED) is 0.685. The Morgan fingerprint density at radius 1 is 1.28 bits per heavy atom. The number of aromatic nitrogens is 2. The third kappa shape index (κ3) is 3.78. The molecule has 0 bridgehead atoms. The van der Waals surface area contributed by atoms with Gasteiger partial charge in [-0.25, -0.2) is 9.78 Å². The molecule has 0 aliphatic carbocycles. The summed E-state index contributed by atoms with van der Waals surface area (Å²) in [6.45, 7) is 2.39. The second kappa shape index (κ2) is 7.58. The predicted molar refractivity (Wildman–Crippen MR) is 96.1 cm³/mol. The number of ether oxygens (including phenoxy) is 2. The number of hydrogen-bond donors (Lipinski definition) is 1. The summed E-state index contributed by atoms with van der Waals surface area (Å²) >= 11 is 1.18. The van der Waals surface area contributed by atoms with Gasteiger partial charge in [-0.3, -0.25) is 4.79 Å². The normalized spacial score (nSPS) is 11.0. The molecule has 0 spiro atoms. The number of benzene rings is 1. The van der Waals surface area contributed by atoms with Gasteiger partial charge in [0.15, 0.2) is 0 Å². The van der Waals surface area contributed by atoms with Crippen molar-refractivity contribution in [3.63, 3.8) is 0 Å². The second-order valence-corrected chi connectivity index (χ2v) is 6.55. The fraction of sp³-hybridized carbons (Fsp3) is 0.278. The number of methoxy groups -OCH3 is 1. The average molecular weight is 358 g/mol. The van der Waals surface area contributed by atoms with E-state index in [0.717, 1.165) is 5.56 Å². The van der Waals surface area contributed by atoms with E-state index in [1.54, 1.807) is 14.0 Å². The molecular formula is C18H18N2O4S. The monoisotopic (exact) mass is 358 g/mol. The lowest BCUT2D eigenvalue weighted by molar-refractivity contribution is 0.0478. The maximum atomic E-state index is 12.4. The van der Waals surface area contributed by atoms with Crippen LogP contribution >= 0.6 is 11.3 Å². The number of carbonyl (C=O) groups is 1. The van der Waals surface area contributed by atoms with Crippen LogP contribution in [0.15, 0.2) is 35.1 Å². The number of H-pyrrole nitrogens is 1. The molecule has 3 rings (SSSR count). The molecule has 0 fully saturated rings. The van der Waals surface area contributed by atoms with Crippen LogP contribution in [0.4, 0.5) is 0 Å². The maximum Gasteiger partial charge on any atom is 0.349 e. The topological polar surface area (TPSA) is 81.3 Å². The Kier molecular flexibility index (Phi) is 5.25. The molecule has 3 aromatic rings. The molecule has 2 heterocycles. The van der Waals surface area contributed by atoms with Crippen molar-refractivity contribution in [1.82, 2.24) is 9.97 Å². The Hall–Kier alpha value is -2.51. The van der Waals surface area contributed by atoms with E-state index in [1.165, 1.54) is 11.3 Å². The van der Waals surface area contributed by atoms with Crippen LogP contribution in [-0.2, 0) is 22.5 Å². The van der Waals surface area contributed by atoms with Crippen molar-refractivity contribution in [3.05, 3.63) is 62.5 Å². The number of carbonyl (C=O) groups excluding carboxylic acids is 1. The first-order valence-corrected chi connectivity index (χ1v) is 8.64. The van der Waals surface area contributed by atoms with Crippen molar-refractivity contribution in [2.24, 2.45) is 0 Å². The van der Waals surface area contributed by atoms with Gasteiger partial charge < -0.3 is 14.5 Å². The summed E-state index contributed by atoms with van der Waals surface area (Å²) in [6.07, 6.45) is 0.506. The molecule has 0 atom stereocenters. The van der Waals surface area contributed by atoms with Gasteiger partial charge in [-0.15, -0.1) is 11.3 Å². The number of thiophene rings is 1. The smallest absolute Gasteiger partial charge is 0.349 e. The van der Waals surface area contributed by atoms with Gasteiger partial charge in [0.1, 0.15) is 22.1 Å². The molecule has 6 nitrogen and oxygen atoms in total. The molecule has 0 unspecified atom stereocenters. The van der Waals surface area contributed by atoms with Crippen molar-refractivity contribution in [2.45, 2.75) is 20.0 Å². The number of aromatic amines is 1. The number of nitrogens with zero attached hydrogens (tertiary/aromatic N) is 1. The highest BCUT2D eigenvalue weighted by atomic mass is 32.1. The van der Waals surface area contributed by atoms with E-state index < -0.39 is 5.97 Å². The first kappa shape index (κ1) is 17.3. The lowest BCUT2D eigenvalue weighted by Crippen LogP contribution is -2.13. The molecule has 0 saturated heterocycles. The van der Waals surface area contributed by atoms with Gasteiger partial charge in [0.25, 0.3) is 5.56 Å². The molecule has 0 aliphatic heterocycles. The molecule has 0 radical (unpaired) electrons. The number of rotatable bonds is 6. The summed E-state index contributed by atoms with van der Waals surface area (Å²) in [5, 5.41) is 0.442. The molecule has 1 aromatic carbocycles. The van der Waals surface area contributed by atoms with Crippen LogP contribution in [0.1, 0.15) is 26.6 Å². The molecule has 0 amide bonds. The number of esters is 1. The first-order chi connectivity index (χ1) is 12.1. The van der Waals surface area contributed by atoms with Gasteiger partial charge in [0.05, 0.1) is 12.0 Å². The number of nitrogens with one attached hydrogen (secondary N) is 1. The highest BCUT2D eigenvalue weighted by Gasteiger charge is 2.20. The number of fused-ring (bicyclic) bond motifs is 1. The zero-order valence-corrected chi connectivity index (χ0v) is 14.8. The van der Waals surface area contributed by atoms with E-state index in [4.69, 9.17) is 9.47 Å². The summed E-state index contributed by atoms with van der Waals surface area (Å²) in [4.78, 5) is 32.8. The molecule has 1 N–H and O–H groups in total. The Morgan fingerprint density at radius 2 is 2.04 bits per heavy atom. The third-order valence-electron chi connectivity index (χ3n) is 3.79. The molecule has 2 aromatic heterocycles. The molecule has 130 valence electrons. The minimum atomic E-state index is -0.442. The van der Waals surface area contributed by atoms with Gasteiger partial charge in [0.2, 0.25) is 0 Å². The Labute approximate surface area is 148 Å². The van der Waals surface area contributed by atoms with E-state index in [-0.39, 0.29) is 12.2 Å². The van der Waals surface area contributed by atoms with Crippen LogP contribution in [0.2, 0.25) is 0 Å². The summed E-state index contributed by atoms with van der Waals surface area (Å²) in [5.41, 5.74) is 1.27. The first-order valence-electron chi connectivity index (χ1n) is 7.82. The number of aryl methyl sites for hydroxylation is 1. The van der Waals surface area contributed by atoms with Crippen molar-refractivity contribution in [1.29, 1.82) is 0 Å². The SMILES string of the molecule is COCCc1nc2sc(C(=O)OCc3ccccc3)c(C)c2c(=O)[nH]1. The van der Waals surface area contributed by atoms with Gasteiger partial charge in [0, 0.05) is 13.5 Å². The standard InChI is InChI=1S/C18H18N2O4S/c1-11-14-16(21)19-13(8-9-23-2)20-17(14)25-15(11)18(22)24-10-12-6-4-3-5-7-12/h3-7H,8-10H2,1-2H3,(H,19,20,21). The van der Waals surface area contributed by atoms with Crippen molar-refractivity contribution in [3.8, 4) is 0 Å². The van der Waals surface area contributed by atoms with Crippen molar-refractivity contribution >= 4 is 27.5 Å². The molecule has 7 heteroatoms. The van der Waals surface area contributed by atoms with Gasteiger partial charge in [-0.05, 0) is 18.1 Å². The van der Waals surface area contributed by atoms with Crippen LogP contribution in [0.5, 0.6) is 0 Å². The summed E-state index contributed by atoms with van der Waals surface area (Å²) in [7, 11) is 1.59. The summed E-state index contributed by atoms with van der Waals surface area (Å²) < 4.78 is 10.4. The highest BCUT2D eigenvalue weighted by molar-refractivity contribution is 7.20. The van der Waals surface area contributed by atoms with E-state index >= 15 is 0 Å². The zero-order valence-electron chi connectivity index (χ0n) is 14.0. The maximum absolute atomic E-state index is 12.4. The molecular weight excluding hydrogens is 340 g/mol. The Balaban J connectivity index is 1.86. The van der Waals surface area contributed by atoms with E-state index in [2.05, 4.69) is 9.97 Å². The number of hydrogen-bond acceptors (Lipinski definition) is 6. The minimum Gasteiger partial charge on any atom is -0.457 e.